The molecule has 1 aromatic carbocycles. The molecule has 0 aromatic heterocycles. The summed E-state index contributed by atoms with van der Waals surface area (Å²) in [5.41, 5.74) is 0.359. The monoisotopic (exact) mass is 349 g/mol. The zero-order chi connectivity index (χ0) is 14.4. The van der Waals surface area contributed by atoms with Gasteiger partial charge in [-0.15, -0.1) is 11.6 Å². The van der Waals surface area contributed by atoms with Crippen molar-refractivity contribution < 1.29 is 9.18 Å². The third-order valence-corrected chi connectivity index (χ3v) is 3.95. The van der Waals surface area contributed by atoms with E-state index in [1.54, 1.807) is 17.0 Å². The van der Waals surface area contributed by atoms with E-state index in [0.29, 0.717) is 22.5 Å². The van der Waals surface area contributed by atoms with Crippen molar-refractivity contribution in [3.63, 3.8) is 0 Å². The Hall–Kier alpha value is -0.610. The van der Waals surface area contributed by atoms with Crippen LogP contribution < -0.4 is 0 Å². The Morgan fingerprint density at radius 2 is 2.05 bits per heavy atom. The quantitative estimate of drug-likeness (QED) is 0.694. The van der Waals surface area contributed by atoms with Crippen molar-refractivity contribution in [2.45, 2.75) is 32.7 Å². The van der Waals surface area contributed by atoms with E-state index in [9.17, 15) is 9.18 Å². The molecule has 2 nitrogen and oxygen atoms in total. The maximum Gasteiger partial charge on any atom is 0.254 e. The Labute approximate surface area is 127 Å². The van der Waals surface area contributed by atoms with Gasteiger partial charge in [0.15, 0.2) is 0 Å². The lowest BCUT2D eigenvalue weighted by Crippen LogP contribution is -2.41. The summed E-state index contributed by atoms with van der Waals surface area (Å²) >= 11 is 8.85. The lowest BCUT2D eigenvalue weighted by molar-refractivity contribution is 0.0681. The topological polar surface area (TPSA) is 20.3 Å². The average molecular weight is 351 g/mol. The zero-order valence-electron chi connectivity index (χ0n) is 11.1. The first kappa shape index (κ1) is 16.4. The predicted octanol–water partition coefficient (Wildman–Crippen LogP) is 4.46. The molecule has 106 valence electrons. The average Bonchev–Trinajstić information content (AvgIpc) is 2.41. The van der Waals surface area contributed by atoms with E-state index in [2.05, 4.69) is 15.9 Å². The van der Waals surface area contributed by atoms with Crippen molar-refractivity contribution in [2.75, 3.05) is 12.4 Å². The molecule has 0 spiro atoms. The highest BCUT2D eigenvalue weighted by atomic mass is 79.9. The van der Waals surface area contributed by atoms with Crippen LogP contribution in [-0.2, 0) is 0 Å². The first-order valence-corrected chi connectivity index (χ1v) is 7.69. The second-order valence-corrected chi connectivity index (χ2v) is 5.52. The van der Waals surface area contributed by atoms with Crippen LogP contribution in [0.4, 0.5) is 4.39 Å². The Bertz CT molecular complexity index is 437. The molecule has 1 aromatic rings. The number of benzene rings is 1. The van der Waals surface area contributed by atoms with Crippen LogP contribution in [0, 0.1) is 5.82 Å². The van der Waals surface area contributed by atoms with Crippen LogP contribution in [0.2, 0.25) is 0 Å². The van der Waals surface area contributed by atoms with Gasteiger partial charge in [-0.25, -0.2) is 4.39 Å². The lowest BCUT2D eigenvalue weighted by atomic mass is 10.1. The molecule has 0 aliphatic rings. The molecule has 0 saturated carbocycles. The number of amides is 1. The summed E-state index contributed by atoms with van der Waals surface area (Å²) in [4.78, 5) is 14.2. The number of nitrogens with zero attached hydrogens (tertiary/aromatic N) is 1. The molecule has 0 radical (unpaired) electrons. The van der Waals surface area contributed by atoms with Gasteiger partial charge in [-0.05, 0) is 47.0 Å². The number of rotatable bonds is 6. The van der Waals surface area contributed by atoms with Crippen molar-refractivity contribution in [1.29, 1.82) is 0 Å². The highest BCUT2D eigenvalue weighted by Crippen LogP contribution is 2.19. The van der Waals surface area contributed by atoms with Gasteiger partial charge in [-0.1, -0.05) is 13.8 Å². The van der Waals surface area contributed by atoms with E-state index in [4.69, 9.17) is 11.6 Å². The molecule has 5 heteroatoms. The number of carbonyl (C=O) groups excluding carboxylic acids is 1. The molecule has 0 saturated heterocycles. The molecule has 0 aliphatic heterocycles. The maximum atomic E-state index is 13.5. The highest BCUT2D eigenvalue weighted by Gasteiger charge is 2.22. The molecule has 0 N–H and O–H groups in total. The van der Waals surface area contributed by atoms with E-state index in [-0.39, 0.29) is 11.9 Å². The standard InChI is InChI=1S/C14H18BrClFNO/c1-3-11(4-2)18(8-7-16)14(19)10-5-6-12(15)13(17)9-10/h5-6,9,11H,3-4,7-8H2,1-2H3. The van der Waals surface area contributed by atoms with Gasteiger partial charge in [0.2, 0.25) is 0 Å². The van der Waals surface area contributed by atoms with Crippen LogP contribution in [0.25, 0.3) is 0 Å². The van der Waals surface area contributed by atoms with Crippen molar-refractivity contribution in [3.8, 4) is 0 Å². The molecular formula is C14H18BrClFNO. The first-order valence-electron chi connectivity index (χ1n) is 6.37. The summed E-state index contributed by atoms with van der Waals surface area (Å²) in [7, 11) is 0. The minimum absolute atomic E-state index is 0.137. The second kappa shape index (κ2) is 7.85. The van der Waals surface area contributed by atoms with Gasteiger partial charge in [0.05, 0.1) is 4.47 Å². The van der Waals surface area contributed by atoms with E-state index in [1.807, 2.05) is 13.8 Å². The lowest BCUT2D eigenvalue weighted by Gasteiger charge is -2.30. The summed E-state index contributed by atoms with van der Waals surface area (Å²) in [5.74, 6) is -0.219. The van der Waals surface area contributed by atoms with Gasteiger partial charge in [-0.2, -0.15) is 0 Å². The maximum absolute atomic E-state index is 13.5. The molecule has 0 heterocycles. The van der Waals surface area contributed by atoms with E-state index in [1.165, 1.54) is 6.07 Å². The smallest absolute Gasteiger partial charge is 0.254 e. The number of carbonyl (C=O) groups is 1. The molecule has 1 amide bonds. The third-order valence-electron chi connectivity index (χ3n) is 3.14. The number of alkyl halides is 1. The Morgan fingerprint density at radius 1 is 1.42 bits per heavy atom. The molecular weight excluding hydrogens is 333 g/mol. The second-order valence-electron chi connectivity index (χ2n) is 4.29. The largest absolute Gasteiger partial charge is 0.334 e. The van der Waals surface area contributed by atoms with Gasteiger partial charge in [-0.3, -0.25) is 4.79 Å². The number of hydrogen-bond donors (Lipinski definition) is 0. The van der Waals surface area contributed by atoms with Crippen molar-refractivity contribution in [1.82, 2.24) is 4.90 Å². The van der Waals surface area contributed by atoms with Crippen LogP contribution in [0.5, 0.6) is 0 Å². The highest BCUT2D eigenvalue weighted by molar-refractivity contribution is 9.10. The zero-order valence-corrected chi connectivity index (χ0v) is 13.5. The first-order chi connectivity index (χ1) is 9.04. The van der Waals surface area contributed by atoms with E-state index in [0.717, 1.165) is 12.8 Å². The van der Waals surface area contributed by atoms with Crippen molar-refractivity contribution >= 4 is 33.4 Å². The predicted molar refractivity (Wildman–Crippen MR) is 80.2 cm³/mol. The Kier molecular flexibility index (Phi) is 6.80. The summed E-state index contributed by atoms with van der Waals surface area (Å²) in [6, 6.07) is 4.57. The minimum Gasteiger partial charge on any atom is -0.334 e. The van der Waals surface area contributed by atoms with Crippen LogP contribution in [-0.4, -0.2) is 29.3 Å². The molecule has 19 heavy (non-hydrogen) atoms. The third kappa shape index (κ3) is 4.18. The summed E-state index contributed by atoms with van der Waals surface area (Å²) < 4.78 is 13.9. The van der Waals surface area contributed by atoms with Crippen LogP contribution in [0.15, 0.2) is 22.7 Å². The van der Waals surface area contributed by atoms with Gasteiger partial charge >= 0.3 is 0 Å². The van der Waals surface area contributed by atoms with Crippen LogP contribution in [0.3, 0.4) is 0 Å². The molecule has 0 aliphatic carbocycles. The Morgan fingerprint density at radius 3 is 2.53 bits per heavy atom. The summed E-state index contributed by atoms with van der Waals surface area (Å²) in [5, 5.41) is 0. The van der Waals surface area contributed by atoms with Gasteiger partial charge in [0, 0.05) is 24.0 Å². The Balaban J connectivity index is 3.01. The number of hydrogen-bond acceptors (Lipinski definition) is 1. The minimum atomic E-state index is -0.429. The van der Waals surface area contributed by atoms with Crippen molar-refractivity contribution in [3.05, 3.63) is 34.1 Å². The number of halogens is 3. The van der Waals surface area contributed by atoms with Gasteiger partial charge in [0.25, 0.3) is 5.91 Å². The molecule has 0 bridgehead atoms. The summed E-state index contributed by atoms with van der Waals surface area (Å²) in [6.45, 7) is 4.54. The van der Waals surface area contributed by atoms with Crippen LogP contribution >= 0.6 is 27.5 Å². The molecule has 0 unspecified atom stereocenters. The van der Waals surface area contributed by atoms with Crippen molar-refractivity contribution in [2.24, 2.45) is 0 Å². The van der Waals surface area contributed by atoms with E-state index >= 15 is 0 Å². The van der Waals surface area contributed by atoms with Gasteiger partial charge < -0.3 is 4.90 Å². The molecule has 1 rings (SSSR count). The molecule has 0 atom stereocenters. The van der Waals surface area contributed by atoms with E-state index < -0.39 is 5.82 Å². The fourth-order valence-corrected chi connectivity index (χ4v) is 2.49. The van der Waals surface area contributed by atoms with Crippen LogP contribution in [0.1, 0.15) is 37.0 Å². The SMILES string of the molecule is CCC(CC)N(CCCl)C(=O)c1ccc(Br)c(F)c1. The van der Waals surface area contributed by atoms with Gasteiger partial charge in [0.1, 0.15) is 5.82 Å². The fourth-order valence-electron chi connectivity index (χ4n) is 2.07. The fraction of sp³-hybridized carbons (Fsp3) is 0.500. The summed E-state index contributed by atoms with van der Waals surface area (Å²) in [6.07, 6.45) is 1.72. The normalized spacial score (nSPS) is 10.8. The molecule has 0 fully saturated rings.